The minimum absolute atomic E-state index is 0.0372. The van der Waals surface area contributed by atoms with E-state index in [9.17, 15) is 10.1 Å². The van der Waals surface area contributed by atoms with Gasteiger partial charge in [-0.05, 0) is 43.4 Å². The molecule has 0 radical (unpaired) electrons. The van der Waals surface area contributed by atoms with E-state index in [1.165, 1.54) is 0 Å². The van der Waals surface area contributed by atoms with Gasteiger partial charge in [0.15, 0.2) is 0 Å². The van der Waals surface area contributed by atoms with Crippen LogP contribution in [0.4, 0.5) is 0 Å². The summed E-state index contributed by atoms with van der Waals surface area (Å²) in [6.07, 6.45) is 5.27. The number of hydrogen-bond acceptors (Lipinski definition) is 2. The summed E-state index contributed by atoms with van der Waals surface area (Å²) in [5.41, 5.74) is -0.321. The molecule has 0 heterocycles. The summed E-state index contributed by atoms with van der Waals surface area (Å²) in [5, 5.41) is 12.2. The van der Waals surface area contributed by atoms with Crippen molar-refractivity contribution in [2.45, 2.75) is 71.8 Å². The summed E-state index contributed by atoms with van der Waals surface area (Å²) < 4.78 is 0. The quantitative estimate of drug-likeness (QED) is 0.831. The van der Waals surface area contributed by atoms with E-state index in [-0.39, 0.29) is 11.3 Å². The Hall–Kier alpha value is -1.04. The monoisotopic (exact) mass is 250 g/mol. The van der Waals surface area contributed by atoms with E-state index in [1.807, 2.05) is 0 Å². The number of nitrogens with one attached hydrogen (secondary N) is 1. The van der Waals surface area contributed by atoms with Crippen LogP contribution in [0, 0.1) is 22.7 Å². The third-order valence-corrected chi connectivity index (χ3v) is 3.54. The number of nitrogens with zero attached hydrogens (tertiary/aromatic N) is 1. The van der Waals surface area contributed by atoms with Crippen LogP contribution in [-0.4, -0.2) is 11.4 Å². The maximum absolute atomic E-state index is 12.0. The van der Waals surface area contributed by atoms with Crippen molar-refractivity contribution in [1.82, 2.24) is 5.32 Å². The van der Waals surface area contributed by atoms with Crippen molar-refractivity contribution in [1.29, 1.82) is 5.26 Å². The molecule has 0 spiro atoms. The zero-order valence-corrected chi connectivity index (χ0v) is 12.2. The molecule has 1 rings (SSSR count). The lowest BCUT2D eigenvalue weighted by Crippen LogP contribution is -2.45. The summed E-state index contributed by atoms with van der Waals surface area (Å²) in [6, 6.07) is 2.30. The summed E-state index contributed by atoms with van der Waals surface area (Å²) in [4.78, 5) is 12.0. The number of carbonyl (C=O) groups is 1. The molecule has 0 saturated heterocycles. The van der Waals surface area contributed by atoms with Crippen molar-refractivity contribution in [2.75, 3.05) is 0 Å². The second kappa shape index (κ2) is 5.73. The molecule has 1 fully saturated rings. The summed E-state index contributed by atoms with van der Waals surface area (Å²) in [5.74, 6) is 0.400. The van der Waals surface area contributed by atoms with Gasteiger partial charge >= 0.3 is 0 Å². The van der Waals surface area contributed by atoms with Crippen molar-refractivity contribution in [3.05, 3.63) is 0 Å². The van der Waals surface area contributed by atoms with Gasteiger partial charge in [-0.25, -0.2) is 0 Å². The highest BCUT2D eigenvalue weighted by Gasteiger charge is 2.35. The van der Waals surface area contributed by atoms with E-state index in [0.29, 0.717) is 12.3 Å². The van der Waals surface area contributed by atoms with Gasteiger partial charge in [-0.1, -0.05) is 27.7 Å². The molecule has 3 nitrogen and oxygen atoms in total. The highest BCUT2D eigenvalue weighted by molar-refractivity contribution is 5.77. The number of carbonyl (C=O) groups excluding carboxylic acids is 1. The predicted octanol–water partition coefficient (Wildman–Crippen LogP) is 3.40. The van der Waals surface area contributed by atoms with Crippen LogP contribution >= 0.6 is 0 Å². The molecule has 0 aliphatic heterocycles. The van der Waals surface area contributed by atoms with Gasteiger partial charge in [0.05, 0.1) is 6.07 Å². The third-order valence-electron chi connectivity index (χ3n) is 3.54. The Morgan fingerprint density at radius 1 is 1.39 bits per heavy atom. The molecule has 1 amide bonds. The predicted molar refractivity (Wildman–Crippen MR) is 72.8 cm³/mol. The molecule has 1 saturated carbocycles. The molecule has 0 aromatic rings. The first-order valence-corrected chi connectivity index (χ1v) is 6.99. The van der Waals surface area contributed by atoms with Crippen LogP contribution in [0.3, 0.4) is 0 Å². The molecule has 102 valence electrons. The van der Waals surface area contributed by atoms with E-state index in [1.54, 1.807) is 0 Å². The average Bonchev–Trinajstić information content (AvgIpc) is 2.63. The van der Waals surface area contributed by atoms with Crippen molar-refractivity contribution in [3.8, 4) is 6.07 Å². The van der Waals surface area contributed by atoms with Crippen LogP contribution in [0.1, 0.15) is 66.2 Å². The van der Waals surface area contributed by atoms with E-state index in [0.717, 1.165) is 32.1 Å². The highest BCUT2D eigenvalue weighted by Crippen LogP contribution is 2.30. The van der Waals surface area contributed by atoms with E-state index in [2.05, 4.69) is 39.1 Å². The van der Waals surface area contributed by atoms with Gasteiger partial charge in [0.25, 0.3) is 0 Å². The molecule has 3 heteroatoms. The molecular formula is C15H26N2O. The first kappa shape index (κ1) is 15.0. The second-order valence-corrected chi connectivity index (χ2v) is 7.02. The fraction of sp³-hybridized carbons (Fsp3) is 0.867. The van der Waals surface area contributed by atoms with Crippen LogP contribution in [0.5, 0.6) is 0 Å². The standard InChI is InChI=1S/C15H26N2O/c1-12(10-14(2,3)4)9-13(18)17-15(11-16)7-5-6-8-15/h12H,5-10H2,1-4H3,(H,17,18). The third kappa shape index (κ3) is 4.68. The van der Waals surface area contributed by atoms with Crippen LogP contribution in [0.2, 0.25) is 0 Å². The van der Waals surface area contributed by atoms with E-state index >= 15 is 0 Å². The Labute approximate surface area is 111 Å². The Balaban J connectivity index is 2.44. The molecular weight excluding hydrogens is 224 g/mol. The maximum atomic E-state index is 12.0. The molecule has 1 atom stereocenters. The van der Waals surface area contributed by atoms with Crippen molar-refractivity contribution in [3.63, 3.8) is 0 Å². The molecule has 1 aliphatic carbocycles. The fourth-order valence-electron chi connectivity index (χ4n) is 3.00. The van der Waals surface area contributed by atoms with Gasteiger partial charge in [0, 0.05) is 6.42 Å². The molecule has 18 heavy (non-hydrogen) atoms. The topological polar surface area (TPSA) is 52.9 Å². The Kier molecular flexibility index (Phi) is 4.78. The lowest BCUT2D eigenvalue weighted by Gasteiger charge is -2.25. The van der Waals surface area contributed by atoms with Gasteiger partial charge in [-0.3, -0.25) is 4.79 Å². The number of amides is 1. The maximum Gasteiger partial charge on any atom is 0.221 e. The smallest absolute Gasteiger partial charge is 0.221 e. The number of rotatable bonds is 4. The highest BCUT2D eigenvalue weighted by atomic mass is 16.1. The van der Waals surface area contributed by atoms with Crippen molar-refractivity contribution >= 4 is 5.91 Å². The van der Waals surface area contributed by atoms with Crippen molar-refractivity contribution < 1.29 is 4.79 Å². The molecule has 0 aromatic carbocycles. The first-order chi connectivity index (χ1) is 8.26. The van der Waals surface area contributed by atoms with Gasteiger partial charge in [-0.2, -0.15) is 5.26 Å². The minimum Gasteiger partial charge on any atom is -0.338 e. The average molecular weight is 250 g/mol. The molecule has 0 aromatic heterocycles. The molecule has 1 aliphatic rings. The van der Waals surface area contributed by atoms with Crippen LogP contribution in [-0.2, 0) is 4.79 Å². The molecule has 0 bridgehead atoms. The van der Waals surface area contributed by atoms with E-state index < -0.39 is 5.54 Å². The summed E-state index contributed by atoms with van der Waals surface area (Å²) >= 11 is 0. The van der Waals surface area contributed by atoms with Gasteiger partial charge in [0.2, 0.25) is 5.91 Å². The van der Waals surface area contributed by atoms with Gasteiger partial charge in [0.1, 0.15) is 5.54 Å². The molecule has 1 N–H and O–H groups in total. The second-order valence-electron chi connectivity index (χ2n) is 7.02. The largest absolute Gasteiger partial charge is 0.338 e. The van der Waals surface area contributed by atoms with Gasteiger partial charge in [-0.15, -0.1) is 0 Å². The fourth-order valence-corrected chi connectivity index (χ4v) is 3.00. The Morgan fingerprint density at radius 3 is 2.39 bits per heavy atom. The SMILES string of the molecule is CC(CC(=O)NC1(C#N)CCCC1)CC(C)(C)C. The Bertz CT molecular complexity index is 329. The zero-order valence-electron chi connectivity index (χ0n) is 12.2. The van der Waals surface area contributed by atoms with Crippen LogP contribution in [0.15, 0.2) is 0 Å². The van der Waals surface area contributed by atoms with Gasteiger partial charge < -0.3 is 5.32 Å². The van der Waals surface area contributed by atoms with Crippen LogP contribution in [0.25, 0.3) is 0 Å². The van der Waals surface area contributed by atoms with E-state index in [4.69, 9.17) is 0 Å². The minimum atomic E-state index is -0.571. The number of hydrogen-bond donors (Lipinski definition) is 1. The lowest BCUT2D eigenvalue weighted by atomic mass is 9.84. The lowest BCUT2D eigenvalue weighted by molar-refractivity contribution is -0.123. The summed E-state index contributed by atoms with van der Waals surface area (Å²) in [7, 11) is 0. The van der Waals surface area contributed by atoms with Crippen molar-refractivity contribution in [2.24, 2.45) is 11.3 Å². The molecule has 1 unspecified atom stereocenters. The zero-order chi connectivity index (χ0) is 13.8. The Morgan fingerprint density at radius 2 is 1.94 bits per heavy atom. The number of nitriles is 1. The van der Waals surface area contributed by atoms with Crippen LogP contribution < -0.4 is 5.32 Å². The normalized spacial score (nSPS) is 20.2. The first-order valence-electron chi connectivity index (χ1n) is 6.99. The summed E-state index contributed by atoms with van der Waals surface area (Å²) in [6.45, 7) is 8.68.